The summed E-state index contributed by atoms with van der Waals surface area (Å²) in [6.07, 6.45) is -0.484. The first kappa shape index (κ1) is 12.5. The molecule has 0 saturated heterocycles. The van der Waals surface area contributed by atoms with Gasteiger partial charge in [0.25, 0.3) is 5.89 Å². The fourth-order valence-corrected chi connectivity index (χ4v) is 1.43. The van der Waals surface area contributed by atoms with Crippen molar-refractivity contribution in [2.75, 3.05) is 0 Å². The van der Waals surface area contributed by atoms with E-state index >= 15 is 0 Å². The Labute approximate surface area is 105 Å². The van der Waals surface area contributed by atoms with Gasteiger partial charge in [-0.3, -0.25) is 0 Å². The largest absolute Gasteiger partial charge is 0.478 e. The summed E-state index contributed by atoms with van der Waals surface area (Å²) in [5.41, 5.74) is 0. The van der Waals surface area contributed by atoms with Crippen LogP contribution in [0.25, 0.3) is 0 Å². The molecule has 0 amide bonds. The van der Waals surface area contributed by atoms with Crippen molar-refractivity contribution >= 4 is 0 Å². The minimum atomic E-state index is -0.484. The van der Waals surface area contributed by atoms with Gasteiger partial charge in [-0.2, -0.15) is 4.98 Å². The van der Waals surface area contributed by atoms with Crippen LogP contribution >= 0.6 is 0 Å². The van der Waals surface area contributed by atoms with Crippen molar-refractivity contribution in [3.05, 3.63) is 41.8 Å². The lowest BCUT2D eigenvalue weighted by atomic mass is 10.2. The standard InChI is InChI=1S/C13H15FN2O2/c1-8(2)12-15-13(18-16-12)9(3)17-11-7-5-4-6-10(11)14/h4-9H,1-3H3. The van der Waals surface area contributed by atoms with Crippen LogP contribution in [0.2, 0.25) is 0 Å². The van der Waals surface area contributed by atoms with Gasteiger partial charge < -0.3 is 9.26 Å². The Balaban J connectivity index is 2.12. The number of benzene rings is 1. The van der Waals surface area contributed by atoms with Crippen LogP contribution in [0, 0.1) is 5.82 Å². The van der Waals surface area contributed by atoms with Gasteiger partial charge in [-0.1, -0.05) is 31.1 Å². The van der Waals surface area contributed by atoms with Gasteiger partial charge in [0, 0.05) is 5.92 Å². The SMILES string of the molecule is CC(C)c1noc(C(C)Oc2ccccc2F)n1. The zero-order valence-electron chi connectivity index (χ0n) is 10.6. The quantitative estimate of drug-likeness (QED) is 0.833. The highest BCUT2D eigenvalue weighted by atomic mass is 19.1. The zero-order chi connectivity index (χ0) is 13.1. The maximum atomic E-state index is 13.4. The smallest absolute Gasteiger partial charge is 0.267 e. The fourth-order valence-electron chi connectivity index (χ4n) is 1.43. The molecule has 0 fully saturated rings. The van der Waals surface area contributed by atoms with E-state index in [4.69, 9.17) is 9.26 Å². The molecule has 0 N–H and O–H groups in total. The summed E-state index contributed by atoms with van der Waals surface area (Å²) in [7, 11) is 0. The predicted molar refractivity (Wildman–Crippen MR) is 63.8 cm³/mol. The van der Waals surface area contributed by atoms with Gasteiger partial charge >= 0.3 is 0 Å². The van der Waals surface area contributed by atoms with Crippen molar-refractivity contribution in [3.63, 3.8) is 0 Å². The molecule has 0 aliphatic heterocycles. The minimum Gasteiger partial charge on any atom is -0.478 e. The summed E-state index contributed by atoms with van der Waals surface area (Å²) < 4.78 is 24.0. The van der Waals surface area contributed by atoms with Gasteiger partial charge in [-0.05, 0) is 19.1 Å². The molecular weight excluding hydrogens is 235 g/mol. The summed E-state index contributed by atoms with van der Waals surface area (Å²) in [4.78, 5) is 4.21. The fraction of sp³-hybridized carbons (Fsp3) is 0.385. The molecule has 0 aliphatic rings. The Kier molecular flexibility index (Phi) is 3.60. The number of nitrogens with zero attached hydrogens (tertiary/aromatic N) is 2. The molecule has 96 valence electrons. The van der Waals surface area contributed by atoms with E-state index in [2.05, 4.69) is 10.1 Å². The van der Waals surface area contributed by atoms with Gasteiger partial charge in [0.15, 0.2) is 23.5 Å². The molecule has 1 heterocycles. The van der Waals surface area contributed by atoms with Crippen LogP contribution in [0.3, 0.4) is 0 Å². The number of para-hydroxylation sites is 1. The summed E-state index contributed by atoms with van der Waals surface area (Å²) in [6, 6.07) is 6.22. The summed E-state index contributed by atoms with van der Waals surface area (Å²) in [6.45, 7) is 5.68. The molecule has 0 spiro atoms. The first-order valence-electron chi connectivity index (χ1n) is 5.82. The third kappa shape index (κ3) is 2.67. The Morgan fingerprint density at radius 2 is 1.94 bits per heavy atom. The molecule has 2 aromatic rings. The van der Waals surface area contributed by atoms with E-state index in [1.807, 2.05) is 13.8 Å². The Morgan fingerprint density at radius 1 is 1.22 bits per heavy atom. The van der Waals surface area contributed by atoms with Gasteiger partial charge in [-0.25, -0.2) is 4.39 Å². The van der Waals surface area contributed by atoms with Crippen LogP contribution in [0.5, 0.6) is 5.75 Å². The molecule has 5 heteroatoms. The van der Waals surface area contributed by atoms with E-state index in [1.165, 1.54) is 6.07 Å². The molecule has 1 unspecified atom stereocenters. The molecule has 1 aromatic heterocycles. The summed E-state index contributed by atoms with van der Waals surface area (Å²) in [5, 5.41) is 3.84. The molecule has 18 heavy (non-hydrogen) atoms. The summed E-state index contributed by atoms with van der Waals surface area (Å²) >= 11 is 0. The normalized spacial score (nSPS) is 12.7. The molecular formula is C13H15FN2O2. The average molecular weight is 250 g/mol. The lowest BCUT2D eigenvalue weighted by molar-refractivity contribution is 0.169. The molecule has 4 nitrogen and oxygen atoms in total. The maximum absolute atomic E-state index is 13.4. The first-order chi connectivity index (χ1) is 8.58. The molecule has 0 aliphatic carbocycles. The van der Waals surface area contributed by atoms with E-state index in [0.717, 1.165) is 0 Å². The van der Waals surface area contributed by atoms with Gasteiger partial charge in [0.2, 0.25) is 0 Å². The number of rotatable bonds is 4. The molecule has 0 saturated carbocycles. The number of hydrogen-bond acceptors (Lipinski definition) is 4. The topological polar surface area (TPSA) is 48.2 Å². The molecule has 1 atom stereocenters. The molecule has 1 aromatic carbocycles. The maximum Gasteiger partial charge on any atom is 0.267 e. The van der Waals surface area contributed by atoms with Crippen molar-refractivity contribution in [1.29, 1.82) is 0 Å². The third-order valence-corrected chi connectivity index (χ3v) is 2.46. The lowest BCUT2D eigenvalue weighted by Crippen LogP contribution is -2.05. The van der Waals surface area contributed by atoms with E-state index in [0.29, 0.717) is 11.7 Å². The van der Waals surface area contributed by atoms with Crippen LogP contribution in [-0.4, -0.2) is 10.1 Å². The van der Waals surface area contributed by atoms with E-state index in [-0.39, 0.29) is 11.7 Å². The highest BCUT2D eigenvalue weighted by molar-refractivity contribution is 5.24. The van der Waals surface area contributed by atoms with Gasteiger partial charge in [-0.15, -0.1) is 0 Å². The lowest BCUT2D eigenvalue weighted by Gasteiger charge is -2.10. The van der Waals surface area contributed by atoms with Gasteiger partial charge in [0.1, 0.15) is 0 Å². The monoisotopic (exact) mass is 250 g/mol. The predicted octanol–water partition coefficient (Wildman–Crippen LogP) is 3.47. The van der Waals surface area contributed by atoms with Crippen LogP contribution in [-0.2, 0) is 0 Å². The van der Waals surface area contributed by atoms with Crippen LogP contribution < -0.4 is 4.74 Å². The average Bonchev–Trinajstić information content (AvgIpc) is 2.81. The molecule has 2 rings (SSSR count). The first-order valence-corrected chi connectivity index (χ1v) is 5.82. The van der Waals surface area contributed by atoms with Crippen LogP contribution in [0.4, 0.5) is 4.39 Å². The molecule has 0 radical (unpaired) electrons. The van der Waals surface area contributed by atoms with Crippen molar-refractivity contribution in [2.45, 2.75) is 32.8 Å². The second-order valence-electron chi connectivity index (χ2n) is 4.34. The van der Waals surface area contributed by atoms with E-state index < -0.39 is 11.9 Å². The van der Waals surface area contributed by atoms with Crippen LogP contribution in [0.15, 0.2) is 28.8 Å². The van der Waals surface area contributed by atoms with Crippen molar-refractivity contribution < 1.29 is 13.7 Å². The van der Waals surface area contributed by atoms with Crippen LogP contribution in [0.1, 0.15) is 44.5 Å². The van der Waals surface area contributed by atoms with Gasteiger partial charge in [0.05, 0.1) is 0 Å². The van der Waals surface area contributed by atoms with Crippen molar-refractivity contribution in [1.82, 2.24) is 10.1 Å². The number of ether oxygens (including phenoxy) is 1. The van der Waals surface area contributed by atoms with Crippen molar-refractivity contribution in [2.24, 2.45) is 0 Å². The number of hydrogen-bond donors (Lipinski definition) is 0. The minimum absolute atomic E-state index is 0.175. The second-order valence-corrected chi connectivity index (χ2v) is 4.34. The summed E-state index contributed by atoms with van der Waals surface area (Å²) in [5.74, 6) is 0.918. The third-order valence-electron chi connectivity index (χ3n) is 2.46. The molecule has 0 bridgehead atoms. The highest BCUT2D eigenvalue weighted by Crippen LogP contribution is 2.23. The Bertz CT molecular complexity index is 525. The Hall–Kier alpha value is -1.91. The highest BCUT2D eigenvalue weighted by Gasteiger charge is 2.18. The van der Waals surface area contributed by atoms with Crippen molar-refractivity contribution in [3.8, 4) is 5.75 Å². The Morgan fingerprint density at radius 3 is 2.56 bits per heavy atom. The number of aromatic nitrogens is 2. The zero-order valence-corrected chi connectivity index (χ0v) is 10.6. The van der Waals surface area contributed by atoms with E-state index in [9.17, 15) is 4.39 Å². The van der Waals surface area contributed by atoms with E-state index in [1.54, 1.807) is 25.1 Å². The number of halogens is 1. The second kappa shape index (κ2) is 5.16.